The van der Waals surface area contributed by atoms with Crippen LogP contribution in [0.15, 0.2) is 134 Å². The third-order valence-electron chi connectivity index (χ3n) is 18.4. The molecule has 101 heavy (non-hydrogen) atoms. The van der Waals surface area contributed by atoms with Crippen molar-refractivity contribution in [3.8, 4) is 0 Å². The molecule has 0 radical (unpaired) electrons. The van der Waals surface area contributed by atoms with Crippen molar-refractivity contribution in [2.24, 2.45) is 0 Å². The molecule has 3 rings (SSSR count). The number of aliphatic hydroxyl groups is 11. The molecule has 0 aliphatic carbocycles. The first-order valence-corrected chi connectivity index (χ1v) is 38.9. The number of carbonyl (C=O) groups is 1. The number of carbonyl (C=O) groups excluding carboxylic acids is 1. The molecule has 19 heteroatoms. The van der Waals surface area contributed by atoms with Crippen molar-refractivity contribution in [3.05, 3.63) is 134 Å². The van der Waals surface area contributed by atoms with Gasteiger partial charge in [-0.15, -0.1) is 0 Å². The molecule has 0 aromatic heterocycles. The molecule has 3 saturated heterocycles. The Balaban J connectivity index is 1.43. The van der Waals surface area contributed by atoms with Crippen LogP contribution in [0.5, 0.6) is 0 Å². The van der Waals surface area contributed by atoms with Gasteiger partial charge < -0.3 is 89.9 Å². The average Bonchev–Trinajstić information content (AvgIpc) is 0.792. The van der Waals surface area contributed by atoms with Crippen molar-refractivity contribution >= 4 is 5.91 Å². The van der Waals surface area contributed by atoms with Gasteiger partial charge in [0.2, 0.25) is 5.91 Å². The molecule has 12 N–H and O–H groups in total. The topological polar surface area (TPSA) is 307 Å². The molecule has 3 heterocycles. The Bertz CT molecular complexity index is 2350. The van der Waals surface area contributed by atoms with Crippen LogP contribution >= 0.6 is 0 Å². The number of hydrogen-bond donors (Lipinski definition) is 12. The van der Waals surface area contributed by atoms with E-state index < -0.39 is 124 Å². The van der Waals surface area contributed by atoms with Gasteiger partial charge in [-0.05, 0) is 103 Å². The third-order valence-corrected chi connectivity index (χ3v) is 18.4. The van der Waals surface area contributed by atoms with Gasteiger partial charge in [-0.2, -0.15) is 0 Å². The highest BCUT2D eigenvalue weighted by Crippen LogP contribution is 2.33. The maximum Gasteiger partial charge on any atom is 0.220 e. The van der Waals surface area contributed by atoms with Gasteiger partial charge >= 0.3 is 0 Å². The van der Waals surface area contributed by atoms with E-state index in [1.807, 2.05) is 6.08 Å². The highest BCUT2D eigenvalue weighted by molar-refractivity contribution is 5.76. The SMILES string of the molecule is CC/C=C\C/C=C\C/C=C\C/C=C\C/C=C\C/C=C\C/C=C\C/C=C\C/C=C\CCCCCC(=O)NC(COC1OC(CO)C(OC2OC(CO)C(OC3OC(CO)C(O)C(O)C3O)C(O)C2O)C(O)C1O)C(O)/C=C/CC/C=C/CCCCCCCCCCCCCCCCCCCCC. The summed E-state index contributed by atoms with van der Waals surface area (Å²) < 4.78 is 34.4. The number of ether oxygens (including phenoxy) is 6. The largest absolute Gasteiger partial charge is 0.394 e. The van der Waals surface area contributed by atoms with E-state index in [4.69, 9.17) is 28.4 Å². The van der Waals surface area contributed by atoms with Gasteiger partial charge in [0.05, 0.1) is 38.6 Å². The standard InChI is InChI=1S/C82H137NO18/c1-3-5-7-9-11-13-15-17-19-21-23-25-27-29-30-31-32-33-34-36-38-40-42-44-46-48-50-52-54-56-58-60-70(88)83-65(66(87)59-57-55-53-51-49-47-45-43-41-39-37-35-28-26-24-22-20-18-16-14-12-10-8-6-4-2)64-96-80-76(94)73(91)78(68(62-85)98-80)101-82-77(95)74(92)79(69(63-86)99-82)100-81-75(93)72(90)71(89)67(61-84)97-81/h5,7,11,13,17,19,23,25,29-30,32-33,36,38,42,44,48-51,57,59,65-69,71-82,84-87,89-95H,3-4,6,8-10,12,14-16,18,20-22,24,26-28,31,34-35,37,39-41,43,45-47,52-56,58,60-64H2,1-2H3,(H,83,88)/b7-5-,13-11-,19-17-,25-23-,30-29-,33-32-,38-36-,44-42-,50-48-,51-49+,59-57+. The van der Waals surface area contributed by atoms with Crippen LogP contribution in [0.1, 0.15) is 245 Å². The minimum atomic E-state index is -1.99. The Hall–Kier alpha value is -4.07. The van der Waals surface area contributed by atoms with E-state index in [-0.39, 0.29) is 18.9 Å². The highest BCUT2D eigenvalue weighted by atomic mass is 16.8. The molecule has 578 valence electrons. The van der Waals surface area contributed by atoms with Crippen molar-refractivity contribution in [1.82, 2.24) is 5.32 Å². The number of aliphatic hydroxyl groups excluding tert-OH is 11. The molecule has 3 fully saturated rings. The smallest absolute Gasteiger partial charge is 0.220 e. The summed E-state index contributed by atoms with van der Waals surface area (Å²) in [6.45, 7) is 1.58. The first-order chi connectivity index (χ1) is 49.3. The lowest BCUT2D eigenvalue weighted by Crippen LogP contribution is -2.66. The predicted molar refractivity (Wildman–Crippen MR) is 401 cm³/mol. The van der Waals surface area contributed by atoms with E-state index in [1.54, 1.807) is 6.08 Å². The summed E-state index contributed by atoms with van der Waals surface area (Å²) in [7, 11) is 0. The quantitative estimate of drug-likeness (QED) is 0.0199. The van der Waals surface area contributed by atoms with Crippen LogP contribution in [0.25, 0.3) is 0 Å². The zero-order chi connectivity index (χ0) is 73.2. The van der Waals surface area contributed by atoms with Crippen molar-refractivity contribution in [1.29, 1.82) is 0 Å². The second kappa shape index (κ2) is 61.1. The summed E-state index contributed by atoms with van der Waals surface area (Å²) in [5.41, 5.74) is 0. The highest BCUT2D eigenvalue weighted by Gasteiger charge is 2.53. The van der Waals surface area contributed by atoms with E-state index in [0.717, 1.165) is 96.3 Å². The minimum Gasteiger partial charge on any atom is -0.394 e. The molecule has 3 aliphatic heterocycles. The first kappa shape index (κ1) is 91.1. The normalized spacial score (nSPS) is 27.1. The molecular formula is C82H137NO18. The van der Waals surface area contributed by atoms with E-state index in [9.17, 15) is 61.0 Å². The summed E-state index contributed by atoms with van der Waals surface area (Å²) in [5, 5.41) is 121. The van der Waals surface area contributed by atoms with Gasteiger partial charge in [-0.3, -0.25) is 4.79 Å². The van der Waals surface area contributed by atoms with Crippen molar-refractivity contribution in [3.63, 3.8) is 0 Å². The molecule has 19 nitrogen and oxygen atoms in total. The fourth-order valence-electron chi connectivity index (χ4n) is 12.2. The second-order valence-electron chi connectivity index (χ2n) is 27.1. The zero-order valence-corrected chi connectivity index (χ0v) is 61.6. The lowest BCUT2D eigenvalue weighted by molar-refractivity contribution is -0.379. The fraction of sp³-hybridized carbons (Fsp3) is 0.720. The van der Waals surface area contributed by atoms with Crippen LogP contribution in [0.4, 0.5) is 0 Å². The summed E-state index contributed by atoms with van der Waals surface area (Å²) in [6.07, 6.45) is 60.0. The molecule has 0 bridgehead atoms. The van der Waals surface area contributed by atoms with E-state index in [1.165, 1.54) is 116 Å². The number of nitrogens with one attached hydrogen (secondary N) is 1. The molecule has 3 aliphatic rings. The lowest BCUT2D eigenvalue weighted by Gasteiger charge is -2.48. The average molecular weight is 1420 g/mol. The number of allylic oxidation sites excluding steroid dienone is 21. The van der Waals surface area contributed by atoms with Gasteiger partial charge in [0, 0.05) is 6.42 Å². The predicted octanol–water partition coefficient (Wildman–Crippen LogP) is 12.5. The van der Waals surface area contributed by atoms with Crippen LogP contribution in [0.3, 0.4) is 0 Å². The summed E-state index contributed by atoms with van der Waals surface area (Å²) in [5.74, 6) is -0.321. The molecule has 0 aromatic rings. The lowest BCUT2D eigenvalue weighted by atomic mass is 9.96. The maximum atomic E-state index is 13.4. The second-order valence-corrected chi connectivity index (χ2v) is 27.1. The van der Waals surface area contributed by atoms with Gasteiger partial charge in [0.15, 0.2) is 18.9 Å². The molecular weight excluding hydrogens is 1290 g/mol. The van der Waals surface area contributed by atoms with Gasteiger partial charge in [0.25, 0.3) is 0 Å². The number of hydrogen-bond acceptors (Lipinski definition) is 18. The van der Waals surface area contributed by atoms with Crippen LogP contribution in [0, 0.1) is 0 Å². The number of rotatable bonds is 59. The number of amides is 1. The van der Waals surface area contributed by atoms with Crippen molar-refractivity contribution < 1.29 is 89.4 Å². The van der Waals surface area contributed by atoms with E-state index in [2.05, 4.69) is 141 Å². The molecule has 17 unspecified atom stereocenters. The molecule has 0 saturated carbocycles. The van der Waals surface area contributed by atoms with E-state index >= 15 is 0 Å². The Morgan fingerprint density at radius 1 is 0.366 bits per heavy atom. The third kappa shape index (κ3) is 41.4. The molecule has 0 spiro atoms. The molecule has 0 aromatic carbocycles. The van der Waals surface area contributed by atoms with Crippen LogP contribution < -0.4 is 5.32 Å². The molecule has 1 amide bonds. The zero-order valence-electron chi connectivity index (χ0n) is 61.6. The maximum absolute atomic E-state index is 13.4. The summed E-state index contributed by atoms with van der Waals surface area (Å²) in [4.78, 5) is 13.4. The Morgan fingerprint density at radius 3 is 1.11 bits per heavy atom. The van der Waals surface area contributed by atoms with Crippen molar-refractivity contribution in [2.75, 3.05) is 26.4 Å². The Kier molecular flexibility index (Phi) is 55.2. The monoisotopic (exact) mass is 1420 g/mol. The van der Waals surface area contributed by atoms with Gasteiger partial charge in [0.1, 0.15) is 73.2 Å². The minimum absolute atomic E-state index is 0.186. The molecule has 17 atom stereocenters. The summed E-state index contributed by atoms with van der Waals surface area (Å²) in [6, 6.07) is -1.02. The van der Waals surface area contributed by atoms with Gasteiger partial charge in [-0.1, -0.05) is 270 Å². The van der Waals surface area contributed by atoms with Crippen LogP contribution in [-0.4, -0.2) is 193 Å². The Morgan fingerprint density at radius 2 is 0.693 bits per heavy atom. The van der Waals surface area contributed by atoms with Crippen molar-refractivity contribution in [2.45, 2.75) is 349 Å². The van der Waals surface area contributed by atoms with E-state index in [0.29, 0.717) is 12.8 Å². The summed E-state index contributed by atoms with van der Waals surface area (Å²) >= 11 is 0. The van der Waals surface area contributed by atoms with Crippen LogP contribution in [-0.2, 0) is 33.2 Å². The van der Waals surface area contributed by atoms with Gasteiger partial charge in [-0.25, -0.2) is 0 Å². The first-order valence-electron chi connectivity index (χ1n) is 38.9. The van der Waals surface area contributed by atoms with Crippen LogP contribution in [0.2, 0.25) is 0 Å². The fourth-order valence-corrected chi connectivity index (χ4v) is 12.2. The Labute approximate surface area is 607 Å². The number of unbranched alkanes of at least 4 members (excludes halogenated alkanes) is 23.